The predicted molar refractivity (Wildman–Crippen MR) is 72.1 cm³/mol. The van der Waals surface area contributed by atoms with Crippen molar-refractivity contribution in [1.29, 1.82) is 0 Å². The molecule has 0 aliphatic carbocycles. The van der Waals surface area contributed by atoms with Crippen molar-refractivity contribution in [3.8, 4) is 11.8 Å². The molecule has 0 saturated carbocycles. The summed E-state index contributed by atoms with van der Waals surface area (Å²) in [5, 5.41) is 0. The second-order valence-electron chi connectivity index (χ2n) is 3.44. The van der Waals surface area contributed by atoms with Gasteiger partial charge in [-0.05, 0) is 40.2 Å². The quantitative estimate of drug-likeness (QED) is 0.577. The highest BCUT2D eigenvalue weighted by molar-refractivity contribution is 9.18. The first-order valence-corrected chi connectivity index (χ1v) is 5.92. The number of benzene rings is 2. The van der Waals surface area contributed by atoms with Crippen LogP contribution in [0, 0.1) is 11.8 Å². The molecule has 0 atom stereocenters. The van der Waals surface area contributed by atoms with E-state index >= 15 is 0 Å². The Hall–Kier alpha value is -1.85. The van der Waals surface area contributed by atoms with Crippen molar-refractivity contribution in [3.05, 3.63) is 71.3 Å². The molecule has 0 radical (unpaired) electrons. The maximum absolute atomic E-state index is 11.3. The molecule has 0 saturated heterocycles. The van der Waals surface area contributed by atoms with Gasteiger partial charge in [0.05, 0.1) is 0 Å². The third kappa shape index (κ3) is 3.05. The molecule has 0 aliphatic rings. The highest BCUT2D eigenvalue weighted by Gasteiger charge is 2.04. The predicted octanol–water partition coefficient (Wildman–Crippen LogP) is 3.62. The molecule has 0 bridgehead atoms. The van der Waals surface area contributed by atoms with Crippen molar-refractivity contribution in [1.82, 2.24) is 0 Å². The summed E-state index contributed by atoms with van der Waals surface area (Å²) in [5.41, 5.74) is 2.26. The van der Waals surface area contributed by atoms with E-state index in [-0.39, 0.29) is 4.69 Å². The summed E-state index contributed by atoms with van der Waals surface area (Å²) in [6.07, 6.45) is 0. The smallest absolute Gasteiger partial charge is 0.229 e. The molecule has 0 N–H and O–H groups in total. The molecule has 17 heavy (non-hydrogen) atoms. The Morgan fingerprint density at radius 3 is 2.24 bits per heavy atom. The number of rotatable bonds is 1. The fraction of sp³-hybridized carbons (Fsp3) is 0. The van der Waals surface area contributed by atoms with Crippen LogP contribution in [0.4, 0.5) is 0 Å². The van der Waals surface area contributed by atoms with E-state index in [2.05, 4.69) is 27.8 Å². The zero-order valence-corrected chi connectivity index (χ0v) is 10.6. The maximum atomic E-state index is 11.3. The van der Waals surface area contributed by atoms with E-state index in [1.165, 1.54) is 0 Å². The lowest BCUT2D eigenvalue weighted by molar-refractivity contribution is 0.109. The molecule has 0 aromatic heterocycles. The SMILES string of the molecule is O=C(Br)c1ccccc1C#Cc1ccccc1. The summed E-state index contributed by atoms with van der Waals surface area (Å²) in [6.45, 7) is 0. The molecule has 2 aromatic rings. The minimum atomic E-state index is -0.143. The zero-order valence-electron chi connectivity index (χ0n) is 8.98. The Balaban J connectivity index is 2.38. The molecule has 2 heteroatoms. The molecule has 0 aliphatic heterocycles. The molecule has 82 valence electrons. The summed E-state index contributed by atoms with van der Waals surface area (Å²) in [6, 6.07) is 17.0. The van der Waals surface area contributed by atoms with Crippen molar-refractivity contribution < 1.29 is 4.79 Å². The van der Waals surface area contributed by atoms with E-state index in [1.807, 2.05) is 48.5 Å². The van der Waals surface area contributed by atoms with Crippen molar-refractivity contribution in [2.75, 3.05) is 0 Å². The Morgan fingerprint density at radius 1 is 0.882 bits per heavy atom. The second kappa shape index (κ2) is 5.47. The fourth-order valence-electron chi connectivity index (χ4n) is 1.42. The Kier molecular flexibility index (Phi) is 3.74. The highest BCUT2D eigenvalue weighted by Crippen LogP contribution is 2.11. The largest absolute Gasteiger partial charge is 0.281 e. The van der Waals surface area contributed by atoms with Gasteiger partial charge in [-0.25, -0.2) is 0 Å². The van der Waals surface area contributed by atoms with E-state index in [1.54, 1.807) is 6.07 Å². The summed E-state index contributed by atoms with van der Waals surface area (Å²) in [4.78, 5) is 11.3. The van der Waals surface area contributed by atoms with Crippen molar-refractivity contribution in [2.45, 2.75) is 0 Å². The van der Waals surface area contributed by atoms with Crippen LogP contribution in [0.3, 0.4) is 0 Å². The van der Waals surface area contributed by atoms with Crippen LogP contribution in [-0.2, 0) is 0 Å². The molecule has 0 unspecified atom stereocenters. The number of carbonyl (C=O) groups is 1. The van der Waals surface area contributed by atoms with Gasteiger partial charge in [0.25, 0.3) is 0 Å². The molecular formula is C15H9BrO. The van der Waals surface area contributed by atoms with Gasteiger partial charge >= 0.3 is 0 Å². The van der Waals surface area contributed by atoms with E-state index in [4.69, 9.17) is 0 Å². The highest BCUT2D eigenvalue weighted by atomic mass is 79.9. The molecule has 2 rings (SSSR count). The van der Waals surface area contributed by atoms with E-state index in [0.717, 1.165) is 11.1 Å². The van der Waals surface area contributed by atoms with Crippen molar-refractivity contribution >= 4 is 20.6 Å². The van der Waals surface area contributed by atoms with Gasteiger partial charge in [0.15, 0.2) is 0 Å². The van der Waals surface area contributed by atoms with Crippen LogP contribution in [0.2, 0.25) is 0 Å². The van der Waals surface area contributed by atoms with Gasteiger partial charge in [0.1, 0.15) is 0 Å². The zero-order chi connectivity index (χ0) is 12.1. The molecule has 0 heterocycles. The van der Waals surface area contributed by atoms with E-state index in [0.29, 0.717) is 5.56 Å². The number of carbonyl (C=O) groups excluding carboxylic acids is 1. The van der Waals surface area contributed by atoms with Crippen LogP contribution in [0.15, 0.2) is 54.6 Å². The topological polar surface area (TPSA) is 17.1 Å². The molecular weight excluding hydrogens is 276 g/mol. The monoisotopic (exact) mass is 284 g/mol. The van der Waals surface area contributed by atoms with Crippen LogP contribution in [0.25, 0.3) is 0 Å². The number of halogens is 1. The maximum Gasteiger partial charge on any atom is 0.229 e. The summed E-state index contributed by atoms with van der Waals surface area (Å²) < 4.78 is -0.143. The van der Waals surface area contributed by atoms with Crippen LogP contribution in [-0.4, -0.2) is 4.69 Å². The van der Waals surface area contributed by atoms with Crippen LogP contribution in [0.1, 0.15) is 21.5 Å². The molecule has 2 aromatic carbocycles. The van der Waals surface area contributed by atoms with Gasteiger partial charge in [-0.1, -0.05) is 42.2 Å². The van der Waals surface area contributed by atoms with E-state index in [9.17, 15) is 4.79 Å². The van der Waals surface area contributed by atoms with Crippen molar-refractivity contribution in [3.63, 3.8) is 0 Å². The first kappa shape index (κ1) is 11.6. The molecule has 0 amide bonds. The third-order valence-corrected chi connectivity index (χ3v) is 2.68. The lowest BCUT2D eigenvalue weighted by Gasteiger charge is -1.97. The standard InChI is InChI=1S/C15H9BrO/c16-15(17)14-9-5-4-8-13(14)11-10-12-6-2-1-3-7-12/h1-9H. The van der Waals surface area contributed by atoms with E-state index < -0.39 is 0 Å². The van der Waals surface area contributed by atoms with Gasteiger partial charge in [-0.3, -0.25) is 4.79 Å². The Bertz CT molecular complexity index is 591. The first-order valence-electron chi connectivity index (χ1n) is 5.13. The molecule has 0 fully saturated rings. The summed E-state index contributed by atoms with van der Waals surface area (Å²) in [5.74, 6) is 6.04. The second-order valence-corrected chi connectivity index (χ2v) is 4.16. The lowest BCUT2D eigenvalue weighted by Crippen LogP contribution is -1.92. The Labute approximate surface area is 109 Å². The van der Waals surface area contributed by atoms with Crippen molar-refractivity contribution in [2.24, 2.45) is 0 Å². The van der Waals surface area contributed by atoms with Gasteiger partial charge in [-0.2, -0.15) is 0 Å². The fourth-order valence-corrected chi connectivity index (χ4v) is 1.77. The molecule has 1 nitrogen and oxygen atoms in total. The average Bonchev–Trinajstić information content (AvgIpc) is 2.38. The molecule has 0 spiro atoms. The van der Waals surface area contributed by atoms with Crippen LogP contribution >= 0.6 is 15.9 Å². The van der Waals surface area contributed by atoms with Gasteiger partial charge in [-0.15, -0.1) is 0 Å². The lowest BCUT2D eigenvalue weighted by atomic mass is 10.1. The normalized spacial score (nSPS) is 9.24. The van der Waals surface area contributed by atoms with Gasteiger partial charge in [0, 0.05) is 16.7 Å². The summed E-state index contributed by atoms with van der Waals surface area (Å²) in [7, 11) is 0. The van der Waals surface area contributed by atoms with Gasteiger partial charge < -0.3 is 0 Å². The number of hydrogen-bond donors (Lipinski definition) is 0. The Morgan fingerprint density at radius 2 is 1.53 bits per heavy atom. The summed E-state index contributed by atoms with van der Waals surface area (Å²) >= 11 is 2.95. The van der Waals surface area contributed by atoms with Gasteiger partial charge in [0.2, 0.25) is 4.69 Å². The average molecular weight is 285 g/mol. The van der Waals surface area contributed by atoms with Crippen LogP contribution in [0.5, 0.6) is 0 Å². The minimum absolute atomic E-state index is 0.143. The first-order chi connectivity index (χ1) is 8.27. The number of hydrogen-bond acceptors (Lipinski definition) is 1. The van der Waals surface area contributed by atoms with Crippen LogP contribution < -0.4 is 0 Å². The minimum Gasteiger partial charge on any atom is -0.281 e. The third-order valence-electron chi connectivity index (χ3n) is 2.25.